The summed E-state index contributed by atoms with van der Waals surface area (Å²) in [4.78, 5) is 17.7. The molecule has 0 spiro atoms. The summed E-state index contributed by atoms with van der Waals surface area (Å²) < 4.78 is 66.8. The van der Waals surface area contributed by atoms with Gasteiger partial charge < -0.3 is 9.97 Å². The monoisotopic (exact) mass is 340 g/mol. The topological polar surface area (TPSA) is 48.6 Å². The highest BCUT2D eigenvalue weighted by Gasteiger charge is 2.30. The Bertz CT molecular complexity index is 886. The van der Waals surface area contributed by atoms with E-state index in [4.69, 9.17) is 0 Å². The van der Waals surface area contributed by atoms with E-state index in [1.165, 1.54) is 12.1 Å². The van der Waals surface area contributed by atoms with Crippen LogP contribution in [0.2, 0.25) is 0 Å². The Hall–Kier alpha value is -2.90. The van der Waals surface area contributed by atoms with E-state index >= 15 is 0 Å². The van der Waals surface area contributed by atoms with Crippen molar-refractivity contribution >= 4 is 5.78 Å². The first-order valence-electron chi connectivity index (χ1n) is 6.76. The highest BCUT2D eigenvalue weighted by molar-refractivity contribution is 6.08. The van der Waals surface area contributed by atoms with Crippen LogP contribution in [-0.4, -0.2) is 15.8 Å². The van der Waals surface area contributed by atoms with Gasteiger partial charge in [0.25, 0.3) is 0 Å². The third-order valence-corrected chi connectivity index (χ3v) is 3.47. The number of halogens is 5. The summed E-state index contributed by atoms with van der Waals surface area (Å²) in [5.74, 6) is -12.2. The second kappa shape index (κ2) is 5.95. The van der Waals surface area contributed by atoms with E-state index in [1.807, 2.05) is 0 Å². The third kappa shape index (κ3) is 2.60. The summed E-state index contributed by atoms with van der Waals surface area (Å²) >= 11 is 0. The molecule has 0 aliphatic carbocycles. The van der Waals surface area contributed by atoms with Crippen molar-refractivity contribution in [1.29, 1.82) is 0 Å². The largest absolute Gasteiger partial charge is 0.365 e. The zero-order valence-electron chi connectivity index (χ0n) is 11.9. The van der Waals surface area contributed by atoms with E-state index in [0.717, 1.165) is 5.69 Å². The number of aromatic amines is 2. The van der Waals surface area contributed by atoms with Crippen molar-refractivity contribution in [1.82, 2.24) is 9.97 Å². The van der Waals surface area contributed by atoms with Crippen molar-refractivity contribution in [3.05, 3.63) is 82.2 Å². The van der Waals surface area contributed by atoms with Gasteiger partial charge in [0.1, 0.15) is 5.56 Å². The van der Waals surface area contributed by atoms with Crippen LogP contribution in [0.15, 0.2) is 30.5 Å². The zero-order chi connectivity index (χ0) is 17.4. The van der Waals surface area contributed by atoms with Gasteiger partial charge in [-0.1, -0.05) is 0 Å². The summed E-state index contributed by atoms with van der Waals surface area (Å²) in [7, 11) is 0. The number of hydrogen-bond acceptors (Lipinski definition) is 1. The van der Waals surface area contributed by atoms with Crippen LogP contribution in [0, 0.1) is 29.1 Å². The zero-order valence-corrected chi connectivity index (χ0v) is 11.9. The van der Waals surface area contributed by atoms with Gasteiger partial charge in [-0.25, -0.2) is 22.0 Å². The minimum Gasteiger partial charge on any atom is -0.365 e. The molecule has 2 aromatic heterocycles. The minimum atomic E-state index is -2.31. The summed E-state index contributed by atoms with van der Waals surface area (Å²) in [5, 5.41) is 0. The SMILES string of the molecule is O=C(c1ccc(Cc2ccc[nH]2)[nH]1)c1c(F)c(F)c(F)c(F)c1F. The third-order valence-electron chi connectivity index (χ3n) is 3.47. The van der Waals surface area contributed by atoms with E-state index < -0.39 is 40.4 Å². The number of hydrogen-bond donors (Lipinski definition) is 2. The van der Waals surface area contributed by atoms with Gasteiger partial charge in [-0.15, -0.1) is 0 Å². The normalized spacial score (nSPS) is 11.0. The molecule has 0 saturated carbocycles. The fourth-order valence-electron chi connectivity index (χ4n) is 2.30. The first kappa shape index (κ1) is 16.0. The molecule has 124 valence electrons. The molecular formula is C16H9F5N2O. The van der Waals surface area contributed by atoms with Crippen molar-refractivity contribution in [2.24, 2.45) is 0 Å². The fraction of sp³-hybridized carbons (Fsp3) is 0.0625. The number of ketones is 1. The predicted molar refractivity (Wildman–Crippen MR) is 74.1 cm³/mol. The Kier molecular flexibility index (Phi) is 3.96. The highest BCUT2D eigenvalue weighted by atomic mass is 19.2. The summed E-state index contributed by atoms with van der Waals surface area (Å²) in [6.45, 7) is 0. The molecule has 0 fully saturated rings. The van der Waals surface area contributed by atoms with Gasteiger partial charge in [-0.3, -0.25) is 4.79 Å². The van der Waals surface area contributed by atoms with Crippen molar-refractivity contribution in [2.45, 2.75) is 6.42 Å². The van der Waals surface area contributed by atoms with E-state index in [0.29, 0.717) is 12.1 Å². The molecule has 0 saturated heterocycles. The first-order valence-corrected chi connectivity index (χ1v) is 6.76. The van der Waals surface area contributed by atoms with Gasteiger partial charge in [-0.2, -0.15) is 0 Å². The lowest BCUT2D eigenvalue weighted by Gasteiger charge is -2.06. The van der Waals surface area contributed by atoms with Crippen molar-refractivity contribution in [2.75, 3.05) is 0 Å². The van der Waals surface area contributed by atoms with Crippen LogP contribution in [0.25, 0.3) is 0 Å². The lowest BCUT2D eigenvalue weighted by atomic mass is 10.1. The molecule has 3 nitrogen and oxygen atoms in total. The van der Waals surface area contributed by atoms with Gasteiger partial charge in [-0.05, 0) is 24.3 Å². The first-order chi connectivity index (χ1) is 11.4. The van der Waals surface area contributed by atoms with Gasteiger partial charge >= 0.3 is 0 Å². The average Bonchev–Trinajstić information content (AvgIpc) is 3.23. The second-order valence-corrected chi connectivity index (χ2v) is 5.04. The number of H-pyrrole nitrogens is 2. The van der Waals surface area contributed by atoms with Crippen LogP contribution in [0.1, 0.15) is 27.4 Å². The van der Waals surface area contributed by atoms with E-state index in [1.54, 1.807) is 18.3 Å². The minimum absolute atomic E-state index is 0.278. The number of rotatable bonds is 4. The maximum Gasteiger partial charge on any atom is 0.215 e. The van der Waals surface area contributed by atoms with Crippen molar-refractivity contribution < 1.29 is 26.7 Å². The average molecular weight is 340 g/mol. The van der Waals surface area contributed by atoms with E-state index in [2.05, 4.69) is 9.97 Å². The number of nitrogens with one attached hydrogen (secondary N) is 2. The van der Waals surface area contributed by atoms with Crippen LogP contribution < -0.4 is 0 Å². The number of aromatic nitrogens is 2. The summed E-state index contributed by atoms with van der Waals surface area (Å²) in [5.41, 5.74) is -0.420. The molecule has 0 radical (unpaired) electrons. The molecule has 3 rings (SSSR count). The molecule has 2 N–H and O–H groups in total. The van der Waals surface area contributed by atoms with Crippen LogP contribution >= 0.6 is 0 Å². The van der Waals surface area contributed by atoms with Crippen molar-refractivity contribution in [3.8, 4) is 0 Å². The lowest BCUT2D eigenvalue weighted by Crippen LogP contribution is -2.14. The highest BCUT2D eigenvalue weighted by Crippen LogP contribution is 2.25. The Balaban J connectivity index is 1.97. The van der Waals surface area contributed by atoms with Gasteiger partial charge in [0.05, 0.1) is 5.69 Å². The molecule has 1 aromatic carbocycles. The quantitative estimate of drug-likeness (QED) is 0.322. The van der Waals surface area contributed by atoms with E-state index in [-0.39, 0.29) is 5.69 Å². The molecule has 0 bridgehead atoms. The molecule has 2 heterocycles. The van der Waals surface area contributed by atoms with Crippen molar-refractivity contribution in [3.63, 3.8) is 0 Å². The van der Waals surface area contributed by atoms with Gasteiger partial charge in [0.15, 0.2) is 23.3 Å². The maximum atomic E-state index is 13.7. The van der Waals surface area contributed by atoms with Crippen LogP contribution in [0.3, 0.4) is 0 Å². The second-order valence-electron chi connectivity index (χ2n) is 5.04. The molecule has 0 amide bonds. The lowest BCUT2D eigenvalue weighted by molar-refractivity contribution is 0.102. The van der Waals surface area contributed by atoms with E-state index in [9.17, 15) is 26.7 Å². The Morgan fingerprint density at radius 2 is 1.46 bits per heavy atom. The Morgan fingerprint density at radius 3 is 2.04 bits per heavy atom. The standard InChI is InChI=1S/C16H9F5N2O/c17-11-10(12(18)14(20)15(21)13(11)19)16(24)9-4-3-8(23-9)6-7-2-1-5-22-7/h1-5,22-23H,6H2. The number of carbonyl (C=O) groups is 1. The molecule has 0 aliphatic rings. The predicted octanol–water partition coefficient (Wildman–Crippen LogP) is 3.86. The molecular weight excluding hydrogens is 331 g/mol. The Labute approximate surface area is 132 Å². The maximum absolute atomic E-state index is 13.7. The molecule has 0 atom stereocenters. The smallest absolute Gasteiger partial charge is 0.215 e. The van der Waals surface area contributed by atoms with Crippen LogP contribution in [0.5, 0.6) is 0 Å². The molecule has 24 heavy (non-hydrogen) atoms. The molecule has 8 heteroatoms. The molecule has 0 unspecified atom stereocenters. The van der Waals surface area contributed by atoms with Crippen LogP contribution in [0.4, 0.5) is 22.0 Å². The Morgan fingerprint density at radius 1 is 0.833 bits per heavy atom. The number of benzene rings is 1. The summed E-state index contributed by atoms with van der Waals surface area (Å²) in [6, 6.07) is 6.25. The number of carbonyl (C=O) groups excluding carboxylic acids is 1. The molecule has 3 aromatic rings. The van der Waals surface area contributed by atoms with Gasteiger partial charge in [0, 0.05) is 24.0 Å². The van der Waals surface area contributed by atoms with Gasteiger partial charge in [0.2, 0.25) is 11.6 Å². The fourth-order valence-corrected chi connectivity index (χ4v) is 2.30. The molecule has 0 aliphatic heterocycles. The van der Waals surface area contributed by atoms with Crippen LogP contribution in [-0.2, 0) is 6.42 Å². The summed E-state index contributed by atoms with van der Waals surface area (Å²) in [6.07, 6.45) is 2.07.